The Labute approximate surface area is 157 Å². The van der Waals surface area contributed by atoms with Crippen molar-refractivity contribution in [2.75, 3.05) is 37.4 Å². The van der Waals surface area contributed by atoms with Crippen molar-refractivity contribution in [3.05, 3.63) is 18.2 Å². The Morgan fingerprint density at radius 2 is 1.92 bits per heavy atom. The molecule has 2 fully saturated rings. The number of ether oxygens (including phenoxy) is 2. The Morgan fingerprint density at radius 1 is 1.23 bits per heavy atom. The van der Waals surface area contributed by atoms with Gasteiger partial charge in [-0.3, -0.25) is 4.79 Å². The molecule has 3 heterocycles. The molecule has 3 aliphatic heterocycles. The molecule has 7 nitrogen and oxygen atoms in total. The van der Waals surface area contributed by atoms with E-state index in [1.54, 1.807) is 30.0 Å². The van der Waals surface area contributed by atoms with E-state index in [9.17, 15) is 13.2 Å². The molecule has 1 atom stereocenters. The molecule has 0 saturated carbocycles. The zero-order valence-corrected chi connectivity index (χ0v) is 16.2. The molecule has 26 heavy (non-hydrogen) atoms. The van der Waals surface area contributed by atoms with Gasteiger partial charge in [-0.2, -0.15) is 4.31 Å². The molecule has 1 spiro atoms. The molecule has 9 heteroatoms. The summed E-state index contributed by atoms with van der Waals surface area (Å²) >= 11 is 1.56. The molecule has 1 N–H and O–H groups in total. The molecule has 1 amide bonds. The van der Waals surface area contributed by atoms with Gasteiger partial charge in [-0.05, 0) is 18.2 Å². The van der Waals surface area contributed by atoms with Gasteiger partial charge in [0.05, 0.1) is 23.8 Å². The topological polar surface area (TPSA) is 84.9 Å². The summed E-state index contributed by atoms with van der Waals surface area (Å²) in [5.74, 6) is -0.127. The normalized spacial score (nSPS) is 26.3. The van der Waals surface area contributed by atoms with Crippen LogP contribution in [-0.4, -0.2) is 56.5 Å². The molecule has 0 radical (unpaired) electrons. The predicted octanol–water partition coefficient (Wildman–Crippen LogP) is 1.89. The monoisotopic (exact) mass is 398 g/mol. The second kappa shape index (κ2) is 6.79. The maximum absolute atomic E-state index is 13.0. The molecule has 0 aromatic heterocycles. The average Bonchev–Trinajstić information content (AvgIpc) is 3.02. The number of piperidine rings is 1. The van der Waals surface area contributed by atoms with E-state index in [4.69, 9.17) is 9.47 Å². The van der Waals surface area contributed by atoms with Gasteiger partial charge in [0.1, 0.15) is 0 Å². The molecule has 1 aromatic rings. The van der Waals surface area contributed by atoms with E-state index in [1.807, 2.05) is 6.92 Å². The number of hydrogen-bond acceptors (Lipinski definition) is 6. The van der Waals surface area contributed by atoms with Crippen molar-refractivity contribution in [3.63, 3.8) is 0 Å². The number of nitrogens with zero attached hydrogens (tertiary/aromatic N) is 1. The third kappa shape index (κ3) is 3.27. The van der Waals surface area contributed by atoms with Crippen LogP contribution < -0.4 is 5.32 Å². The summed E-state index contributed by atoms with van der Waals surface area (Å²) in [6, 6.07) is 4.97. The number of carbonyl (C=O) groups is 1. The Kier molecular flexibility index (Phi) is 4.77. The molecule has 3 aliphatic rings. The molecule has 0 bridgehead atoms. The molecule has 1 aromatic carbocycles. The maximum Gasteiger partial charge on any atom is 0.243 e. The number of carbonyl (C=O) groups excluding carboxylic acids is 1. The van der Waals surface area contributed by atoms with E-state index in [0.29, 0.717) is 50.6 Å². The van der Waals surface area contributed by atoms with Crippen LogP contribution in [-0.2, 0) is 24.3 Å². The highest BCUT2D eigenvalue weighted by Crippen LogP contribution is 2.37. The van der Waals surface area contributed by atoms with Crippen LogP contribution in [0.3, 0.4) is 0 Å². The van der Waals surface area contributed by atoms with Gasteiger partial charge in [0.2, 0.25) is 15.9 Å². The highest BCUT2D eigenvalue weighted by Gasteiger charge is 2.42. The quantitative estimate of drug-likeness (QED) is 0.819. The van der Waals surface area contributed by atoms with Gasteiger partial charge in [0.25, 0.3) is 0 Å². The Hall–Kier alpha value is -1.13. The van der Waals surface area contributed by atoms with Gasteiger partial charge in [-0.1, -0.05) is 6.92 Å². The standard InChI is InChI=1S/C17H22N2O5S2/c1-12-11-25-15-3-2-13(10-14(15)18-16(12)20)26(21,22)19-6-4-17(5-7-19)23-8-9-24-17/h2-3,10,12H,4-9,11H2,1H3,(H,18,20)/t12-/m0/s1. The first kappa shape index (κ1) is 18.2. The minimum absolute atomic E-state index is 0.0822. The lowest BCUT2D eigenvalue weighted by molar-refractivity contribution is -0.179. The number of nitrogens with one attached hydrogen (secondary N) is 1. The summed E-state index contributed by atoms with van der Waals surface area (Å²) in [6.45, 7) is 3.71. The van der Waals surface area contributed by atoms with Crippen molar-refractivity contribution in [3.8, 4) is 0 Å². The summed E-state index contributed by atoms with van der Waals surface area (Å²) in [6.07, 6.45) is 1.06. The van der Waals surface area contributed by atoms with Crippen LogP contribution in [0.2, 0.25) is 0 Å². The van der Waals surface area contributed by atoms with Crippen LogP contribution >= 0.6 is 11.8 Å². The summed E-state index contributed by atoms with van der Waals surface area (Å²) in [5.41, 5.74) is 0.571. The highest BCUT2D eigenvalue weighted by atomic mass is 32.2. The predicted molar refractivity (Wildman–Crippen MR) is 97.6 cm³/mol. The summed E-state index contributed by atoms with van der Waals surface area (Å²) in [7, 11) is -3.62. The lowest BCUT2D eigenvalue weighted by Gasteiger charge is -2.36. The van der Waals surface area contributed by atoms with E-state index in [2.05, 4.69) is 5.32 Å². The van der Waals surface area contributed by atoms with Crippen LogP contribution in [0.5, 0.6) is 0 Å². The van der Waals surface area contributed by atoms with Crippen LogP contribution in [0.25, 0.3) is 0 Å². The first-order valence-corrected chi connectivity index (χ1v) is 11.2. The van der Waals surface area contributed by atoms with Gasteiger partial charge in [0, 0.05) is 42.5 Å². The zero-order chi connectivity index (χ0) is 18.4. The van der Waals surface area contributed by atoms with Gasteiger partial charge >= 0.3 is 0 Å². The minimum atomic E-state index is -3.62. The number of anilines is 1. The lowest BCUT2D eigenvalue weighted by Crippen LogP contribution is -2.47. The van der Waals surface area contributed by atoms with Gasteiger partial charge in [-0.15, -0.1) is 11.8 Å². The van der Waals surface area contributed by atoms with Crippen molar-refractivity contribution in [1.29, 1.82) is 0 Å². The molecule has 2 saturated heterocycles. The maximum atomic E-state index is 13.0. The SMILES string of the molecule is C[C@H]1CSc2ccc(S(=O)(=O)N3CCC4(CC3)OCCO4)cc2NC1=O. The first-order valence-electron chi connectivity index (χ1n) is 8.75. The molecule has 0 unspecified atom stereocenters. The minimum Gasteiger partial charge on any atom is -0.347 e. The van der Waals surface area contributed by atoms with Gasteiger partial charge in [-0.25, -0.2) is 8.42 Å². The number of sulfonamides is 1. The van der Waals surface area contributed by atoms with E-state index >= 15 is 0 Å². The van der Waals surface area contributed by atoms with Crippen LogP contribution in [0.15, 0.2) is 28.0 Å². The zero-order valence-electron chi connectivity index (χ0n) is 14.6. The Bertz CT molecular complexity index is 810. The summed E-state index contributed by atoms with van der Waals surface area (Å²) < 4.78 is 38.9. The number of hydrogen-bond donors (Lipinski definition) is 1. The van der Waals surface area contributed by atoms with Crippen molar-refractivity contribution in [2.45, 2.75) is 35.3 Å². The Balaban J connectivity index is 1.55. The number of fused-ring (bicyclic) bond motifs is 1. The Morgan fingerprint density at radius 3 is 2.62 bits per heavy atom. The van der Waals surface area contributed by atoms with Crippen LogP contribution in [0.4, 0.5) is 5.69 Å². The molecule has 4 rings (SSSR count). The van der Waals surface area contributed by atoms with Gasteiger partial charge < -0.3 is 14.8 Å². The summed E-state index contributed by atoms with van der Waals surface area (Å²) in [5, 5.41) is 2.84. The van der Waals surface area contributed by atoms with Gasteiger partial charge in [0.15, 0.2) is 5.79 Å². The highest BCUT2D eigenvalue weighted by molar-refractivity contribution is 7.99. The van der Waals surface area contributed by atoms with E-state index in [0.717, 1.165) is 4.90 Å². The van der Waals surface area contributed by atoms with Crippen molar-refractivity contribution in [2.24, 2.45) is 5.92 Å². The fraction of sp³-hybridized carbons (Fsp3) is 0.588. The number of rotatable bonds is 2. The number of amides is 1. The van der Waals surface area contributed by atoms with E-state index < -0.39 is 15.8 Å². The smallest absolute Gasteiger partial charge is 0.243 e. The largest absolute Gasteiger partial charge is 0.347 e. The second-order valence-corrected chi connectivity index (χ2v) is 9.87. The molecule has 142 valence electrons. The third-order valence-corrected chi connectivity index (χ3v) is 8.31. The molecular weight excluding hydrogens is 376 g/mol. The number of thioether (sulfide) groups is 1. The van der Waals surface area contributed by atoms with Crippen molar-refractivity contribution < 1.29 is 22.7 Å². The van der Waals surface area contributed by atoms with E-state index in [-0.39, 0.29) is 16.7 Å². The molecule has 0 aliphatic carbocycles. The fourth-order valence-electron chi connectivity index (χ4n) is 3.44. The number of benzene rings is 1. The van der Waals surface area contributed by atoms with Crippen LogP contribution in [0.1, 0.15) is 19.8 Å². The second-order valence-electron chi connectivity index (χ2n) is 6.87. The van der Waals surface area contributed by atoms with Crippen LogP contribution in [0, 0.1) is 5.92 Å². The third-order valence-electron chi connectivity index (χ3n) is 5.08. The average molecular weight is 399 g/mol. The van der Waals surface area contributed by atoms with E-state index in [1.165, 1.54) is 4.31 Å². The first-order chi connectivity index (χ1) is 12.4. The van der Waals surface area contributed by atoms with Crippen molar-refractivity contribution in [1.82, 2.24) is 4.31 Å². The lowest BCUT2D eigenvalue weighted by atomic mass is 10.1. The summed E-state index contributed by atoms with van der Waals surface area (Å²) in [4.78, 5) is 13.2. The van der Waals surface area contributed by atoms with Crippen molar-refractivity contribution >= 4 is 33.4 Å². The fourth-order valence-corrected chi connectivity index (χ4v) is 5.92. The molecular formula is C17H22N2O5S2.